The number of nitrogens with one attached hydrogen (secondary N) is 2. The lowest BCUT2D eigenvalue weighted by molar-refractivity contribution is -0.210. The topological polar surface area (TPSA) is 103 Å². The number of hydrogen-bond donors (Lipinski definition) is 2. The highest BCUT2D eigenvalue weighted by atomic mass is 16.6. The van der Waals surface area contributed by atoms with Gasteiger partial charge in [0.05, 0.1) is 29.9 Å². The Hall–Kier alpha value is -2.17. The summed E-state index contributed by atoms with van der Waals surface area (Å²) in [5.74, 6) is 0.964. The summed E-state index contributed by atoms with van der Waals surface area (Å²) in [6.07, 6.45) is 13.3. The van der Waals surface area contributed by atoms with E-state index < -0.39 is 5.60 Å². The summed E-state index contributed by atoms with van der Waals surface area (Å²) in [6, 6.07) is 0.372. The monoisotopic (exact) mass is 627 g/mol. The van der Waals surface area contributed by atoms with Gasteiger partial charge in [-0.05, 0) is 98.2 Å². The lowest BCUT2D eigenvalue weighted by Crippen LogP contribution is -2.71. The highest BCUT2D eigenvalue weighted by molar-refractivity contribution is 6.20. The maximum atomic E-state index is 14.0. The summed E-state index contributed by atoms with van der Waals surface area (Å²) in [4.78, 5) is 47.1. The van der Waals surface area contributed by atoms with Crippen molar-refractivity contribution in [1.82, 2.24) is 25.3 Å². The number of fused-ring (bicyclic) bond motifs is 3. The fraction of sp³-hybridized carbons (Fsp3) is 0.857. The third-order valence-corrected chi connectivity index (χ3v) is 11.4. The fourth-order valence-electron chi connectivity index (χ4n) is 9.37. The zero-order valence-corrected chi connectivity index (χ0v) is 28.3. The van der Waals surface area contributed by atoms with Gasteiger partial charge in [-0.15, -0.1) is 0 Å². The van der Waals surface area contributed by atoms with Crippen molar-refractivity contribution in [3.05, 3.63) is 11.8 Å². The number of rotatable bonds is 8. The summed E-state index contributed by atoms with van der Waals surface area (Å²) in [5.41, 5.74) is -0.188. The van der Waals surface area contributed by atoms with Crippen molar-refractivity contribution in [3.8, 4) is 0 Å². The van der Waals surface area contributed by atoms with E-state index in [1.165, 1.54) is 25.7 Å². The summed E-state index contributed by atoms with van der Waals surface area (Å²) in [5, 5.41) is 6.16. The molecule has 10 nitrogen and oxygen atoms in total. The standard InChI is InChI=1S/C35H57N5O5/c1-35(2,3)45-34(43)37-24-14-17-39(20-24)27-13-12-25-30-32(27)44-29-19-23-11-7-6-10-22(23)18-28(29)40(30)21-26(31(25)41)33(42)36-15-8-9-16-38(4)5/h21-25,27-30,32H,6-20H2,1-5H3,(H,36,42)(H,37,43). The first-order chi connectivity index (χ1) is 21.5. The molecule has 9 unspecified atom stereocenters. The number of carbonyl (C=O) groups excluding carboxylic acids is 3. The normalized spacial score (nSPS) is 36.5. The summed E-state index contributed by atoms with van der Waals surface area (Å²) in [7, 11) is 4.11. The number of carbonyl (C=O) groups is 3. The van der Waals surface area contributed by atoms with E-state index in [0.29, 0.717) is 24.0 Å². The van der Waals surface area contributed by atoms with E-state index in [-0.39, 0.29) is 60.1 Å². The third-order valence-electron chi connectivity index (χ3n) is 11.4. The molecule has 2 N–H and O–H groups in total. The second-order valence-corrected chi connectivity index (χ2v) is 16.0. The van der Waals surface area contributed by atoms with E-state index in [1.54, 1.807) is 0 Å². The largest absolute Gasteiger partial charge is 0.444 e. The van der Waals surface area contributed by atoms with Gasteiger partial charge in [0.15, 0.2) is 5.78 Å². The molecule has 3 saturated carbocycles. The van der Waals surface area contributed by atoms with Crippen molar-refractivity contribution in [3.63, 3.8) is 0 Å². The van der Waals surface area contributed by atoms with Crippen LogP contribution in [0.3, 0.4) is 0 Å². The molecule has 0 spiro atoms. The van der Waals surface area contributed by atoms with E-state index in [1.807, 2.05) is 27.0 Å². The van der Waals surface area contributed by atoms with Crippen LogP contribution in [0.2, 0.25) is 0 Å². The van der Waals surface area contributed by atoms with Crippen LogP contribution in [-0.4, -0.2) is 115 Å². The Labute approximate surface area is 270 Å². The Kier molecular flexibility index (Phi) is 9.84. The molecule has 0 bridgehead atoms. The molecule has 10 heteroatoms. The molecule has 0 aromatic heterocycles. The summed E-state index contributed by atoms with van der Waals surface area (Å²) in [6.45, 7) is 8.85. The number of Topliss-reactive ketones (excluding diaryl/α,β-unsaturated/α-hetero) is 1. The minimum absolute atomic E-state index is 0.00946. The van der Waals surface area contributed by atoms with Crippen molar-refractivity contribution in [1.29, 1.82) is 0 Å². The lowest BCUT2D eigenvalue weighted by Gasteiger charge is -2.61. The predicted octanol–water partition coefficient (Wildman–Crippen LogP) is 3.70. The molecule has 2 saturated heterocycles. The molecule has 2 amide bonds. The van der Waals surface area contributed by atoms with Crippen molar-refractivity contribution in [2.24, 2.45) is 17.8 Å². The maximum Gasteiger partial charge on any atom is 0.407 e. The van der Waals surface area contributed by atoms with Crippen molar-refractivity contribution < 1.29 is 23.9 Å². The van der Waals surface area contributed by atoms with E-state index in [0.717, 1.165) is 64.6 Å². The van der Waals surface area contributed by atoms with Crippen LogP contribution in [0.15, 0.2) is 11.8 Å². The van der Waals surface area contributed by atoms with Crippen molar-refractivity contribution >= 4 is 17.8 Å². The van der Waals surface area contributed by atoms with Crippen LogP contribution in [0.1, 0.15) is 91.4 Å². The molecule has 6 aliphatic rings. The van der Waals surface area contributed by atoms with Gasteiger partial charge < -0.3 is 29.9 Å². The summed E-state index contributed by atoms with van der Waals surface area (Å²) < 4.78 is 12.7. The number of likely N-dealkylation sites (tertiary alicyclic amines) is 1. The lowest BCUT2D eigenvalue weighted by atomic mass is 9.65. The maximum absolute atomic E-state index is 14.0. The van der Waals surface area contributed by atoms with E-state index in [4.69, 9.17) is 9.47 Å². The molecule has 3 aliphatic heterocycles. The highest BCUT2D eigenvalue weighted by Crippen LogP contribution is 2.50. The minimum Gasteiger partial charge on any atom is -0.444 e. The van der Waals surface area contributed by atoms with Crippen LogP contribution >= 0.6 is 0 Å². The van der Waals surface area contributed by atoms with Gasteiger partial charge in [0.25, 0.3) is 5.91 Å². The first kappa shape index (κ1) is 32.8. The second kappa shape index (κ2) is 13.5. The molecular weight excluding hydrogens is 570 g/mol. The van der Waals surface area contributed by atoms with Gasteiger partial charge >= 0.3 is 6.09 Å². The average molecular weight is 628 g/mol. The van der Waals surface area contributed by atoms with Crippen molar-refractivity contribution in [2.75, 3.05) is 40.3 Å². The first-order valence-corrected chi connectivity index (χ1v) is 17.8. The first-order valence-electron chi connectivity index (χ1n) is 17.8. The number of ketones is 1. The molecule has 6 rings (SSSR count). The Morgan fingerprint density at radius 1 is 1.02 bits per heavy atom. The molecule has 3 heterocycles. The van der Waals surface area contributed by atoms with Gasteiger partial charge in [-0.1, -0.05) is 25.7 Å². The number of morpholine rings is 1. The molecule has 0 radical (unpaired) electrons. The molecule has 45 heavy (non-hydrogen) atoms. The van der Waals surface area contributed by atoms with Crippen LogP contribution in [0, 0.1) is 17.8 Å². The van der Waals surface area contributed by atoms with Gasteiger partial charge in [0.2, 0.25) is 0 Å². The Bertz CT molecular complexity index is 1140. The number of amides is 2. The van der Waals surface area contributed by atoms with Gasteiger partial charge in [0.1, 0.15) is 5.60 Å². The predicted molar refractivity (Wildman–Crippen MR) is 173 cm³/mol. The molecular formula is C35H57N5O5. The molecule has 0 aromatic rings. The minimum atomic E-state index is -0.531. The van der Waals surface area contributed by atoms with Crippen LogP contribution in [-0.2, 0) is 19.1 Å². The quantitative estimate of drug-likeness (QED) is 0.310. The molecule has 9 atom stereocenters. The Morgan fingerprint density at radius 3 is 2.51 bits per heavy atom. The van der Waals surface area contributed by atoms with Gasteiger partial charge in [-0.25, -0.2) is 4.79 Å². The van der Waals surface area contributed by atoms with E-state index >= 15 is 0 Å². The number of nitrogens with zero attached hydrogens (tertiary/aromatic N) is 3. The third kappa shape index (κ3) is 7.23. The second-order valence-electron chi connectivity index (χ2n) is 16.0. The number of unbranched alkanes of at least 4 members (excludes halogenated alkanes) is 1. The van der Waals surface area contributed by atoms with Crippen LogP contribution in [0.4, 0.5) is 4.79 Å². The number of hydrogen-bond acceptors (Lipinski definition) is 8. The molecule has 3 aliphatic carbocycles. The van der Waals surface area contributed by atoms with Gasteiger partial charge in [0, 0.05) is 43.8 Å². The zero-order valence-electron chi connectivity index (χ0n) is 28.3. The smallest absolute Gasteiger partial charge is 0.407 e. The molecule has 5 fully saturated rings. The molecule has 252 valence electrons. The van der Waals surface area contributed by atoms with E-state index in [2.05, 4.69) is 39.4 Å². The zero-order chi connectivity index (χ0) is 31.9. The van der Waals surface area contributed by atoms with Crippen LogP contribution < -0.4 is 10.6 Å². The summed E-state index contributed by atoms with van der Waals surface area (Å²) >= 11 is 0. The molecule has 0 aromatic carbocycles. The number of alkyl carbamates (subject to hydrolysis) is 1. The SMILES string of the molecule is CN(C)CCCCNC(=O)C1=CN2C3CC4CCCCC4CC3OC3C(N4CCC(NC(=O)OC(C)(C)C)C4)CCC(C1=O)C32. The Morgan fingerprint density at radius 2 is 1.78 bits per heavy atom. The van der Waals surface area contributed by atoms with Gasteiger partial charge in [-0.3, -0.25) is 14.5 Å². The van der Waals surface area contributed by atoms with Gasteiger partial charge in [-0.2, -0.15) is 0 Å². The highest BCUT2D eigenvalue weighted by Gasteiger charge is 2.58. The number of ether oxygens (including phenoxy) is 2. The average Bonchev–Trinajstić information content (AvgIpc) is 3.43. The fourth-order valence-corrected chi connectivity index (χ4v) is 9.37. The van der Waals surface area contributed by atoms with Crippen LogP contribution in [0.25, 0.3) is 0 Å². The van der Waals surface area contributed by atoms with E-state index in [9.17, 15) is 14.4 Å². The van der Waals surface area contributed by atoms with Crippen molar-refractivity contribution in [2.45, 2.75) is 133 Å². The van der Waals surface area contributed by atoms with Crippen LogP contribution in [0.5, 0.6) is 0 Å². The Balaban J connectivity index is 1.20.